The first-order chi connectivity index (χ1) is 19.0. The Balaban J connectivity index is 1.45. The molecule has 0 fully saturated rings. The van der Waals surface area contributed by atoms with Crippen LogP contribution in [0.2, 0.25) is 5.02 Å². The third-order valence-corrected chi connectivity index (χ3v) is 5.83. The number of benzene rings is 2. The van der Waals surface area contributed by atoms with Gasteiger partial charge in [-0.05, 0) is 53.4 Å². The Hall–Kier alpha value is -4.57. The minimum absolute atomic E-state index is 0.200. The third kappa shape index (κ3) is 8.75. The molecule has 0 saturated carbocycles. The molecule has 202 valence electrons. The zero-order valence-corrected chi connectivity index (χ0v) is 22.5. The zero-order chi connectivity index (χ0) is 27.5. The van der Waals surface area contributed by atoms with E-state index in [1.54, 1.807) is 14.2 Å². The van der Waals surface area contributed by atoms with E-state index in [0.29, 0.717) is 54.5 Å². The highest BCUT2D eigenvalue weighted by molar-refractivity contribution is 6.30. The molecular weight excluding hydrogens is 518 g/mol. The minimum atomic E-state index is -0.200. The Labute approximate surface area is 232 Å². The molecule has 2 aromatic heterocycles. The zero-order valence-electron chi connectivity index (χ0n) is 21.7. The van der Waals surface area contributed by atoms with Gasteiger partial charge in [0.2, 0.25) is 11.8 Å². The Morgan fingerprint density at radius 2 is 1.54 bits per heavy atom. The predicted octanol–water partition coefficient (Wildman–Crippen LogP) is 5.02. The molecule has 0 saturated heterocycles. The fraction of sp³-hybridized carbons (Fsp3) is 0.214. The van der Waals surface area contributed by atoms with Gasteiger partial charge in [0.15, 0.2) is 0 Å². The molecular formula is C28H30ClN7O3. The molecule has 4 rings (SSSR count). The Bertz CT molecular complexity index is 1350. The molecule has 0 atom stereocenters. The average molecular weight is 548 g/mol. The van der Waals surface area contributed by atoms with E-state index in [0.717, 1.165) is 22.4 Å². The second-order valence-corrected chi connectivity index (χ2v) is 8.92. The molecule has 0 bridgehead atoms. The average Bonchev–Trinajstić information content (AvgIpc) is 2.97. The predicted molar refractivity (Wildman–Crippen MR) is 152 cm³/mol. The molecule has 0 aliphatic heterocycles. The van der Waals surface area contributed by atoms with Crippen molar-refractivity contribution < 1.29 is 14.3 Å². The fourth-order valence-electron chi connectivity index (χ4n) is 3.58. The molecule has 2 heterocycles. The molecule has 10 nitrogen and oxygen atoms in total. The topological polar surface area (TPSA) is 122 Å². The van der Waals surface area contributed by atoms with Crippen molar-refractivity contribution in [2.45, 2.75) is 19.5 Å². The van der Waals surface area contributed by atoms with E-state index in [1.807, 2.05) is 60.7 Å². The number of hydrogen-bond donors (Lipinski definition) is 4. The minimum Gasteiger partial charge on any atom is -0.497 e. The Morgan fingerprint density at radius 3 is 2.23 bits per heavy atom. The number of urea groups is 1. The highest BCUT2D eigenvalue weighted by Gasteiger charge is 2.08. The van der Waals surface area contributed by atoms with Crippen LogP contribution in [0.3, 0.4) is 0 Å². The fourth-order valence-corrected chi connectivity index (χ4v) is 3.68. The molecule has 0 spiro atoms. The number of rotatable bonds is 12. The largest absolute Gasteiger partial charge is 0.497 e. The number of carbonyl (C=O) groups excluding carboxylic acids is 1. The number of ether oxygens (including phenoxy) is 2. The summed E-state index contributed by atoms with van der Waals surface area (Å²) >= 11 is 5.89. The van der Waals surface area contributed by atoms with Crippen molar-refractivity contribution in [1.29, 1.82) is 0 Å². The summed E-state index contributed by atoms with van der Waals surface area (Å²) in [4.78, 5) is 24.4. The molecule has 4 aromatic rings. The summed E-state index contributed by atoms with van der Waals surface area (Å²) < 4.78 is 11.3. The molecule has 0 unspecified atom stereocenters. The van der Waals surface area contributed by atoms with Gasteiger partial charge in [0.25, 0.3) is 0 Å². The number of anilines is 2. The summed E-state index contributed by atoms with van der Waals surface area (Å²) in [5, 5.41) is 12.3. The van der Waals surface area contributed by atoms with Gasteiger partial charge in [0, 0.05) is 32.7 Å². The van der Waals surface area contributed by atoms with E-state index < -0.39 is 0 Å². The highest BCUT2D eigenvalue weighted by Crippen LogP contribution is 2.24. The first kappa shape index (κ1) is 27.5. The third-order valence-electron chi connectivity index (χ3n) is 5.64. The maximum atomic E-state index is 11.3. The second-order valence-electron chi connectivity index (χ2n) is 8.48. The molecule has 0 radical (unpaired) electrons. The van der Waals surface area contributed by atoms with Crippen molar-refractivity contribution in [3.63, 3.8) is 0 Å². The van der Waals surface area contributed by atoms with Gasteiger partial charge >= 0.3 is 6.03 Å². The molecule has 0 aliphatic rings. The number of nitrogens with one attached hydrogen (secondary N) is 4. The van der Waals surface area contributed by atoms with E-state index in [2.05, 4.69) is 36.2 Å². The number of amides is 2. The lowest BCUT2D eigenvalue weighted by Gasteiger charge is -2.13. The van der Waals surface area contributed by atoms with E-state index in [9.17, 15) is 4.79 Å². The Morgan fingerprint density at radius 1 is 0.872 bits per heavy atom. The van der Waals surface area contributed by atoms with Crippen molar-refractivity contribution in [2.75, 3.05) is 31.3 Å². The smallest absolute Gasteiger partial charge is 0.314 e. The van der Waals surface area contributed by atoms with Gasteiger partial charge in [-0.3, -0.25) is 0 Å². The molecule has 2 aromatic carbocycles. The second kappa shape index (κ2) is 13.8. The van der Waals surface area contributed by atoms with E-state index in [1.165, 1.54) is 12.4 Å². The summed E-state index contributed by atoms with van der Waals surface area (Å²) in [6.45, 7) is 1.57. The van der Waals surface area contributed by atoms with Crippen molar-refractivity contribution in [3.05, 3.63) is 94.8 Å². The van der Waals surface area contributed by atoms with Crippen LogP contribution in [0.4, 0.5) is 16.6 Å². The van der Waals surface area contributed by atoms with Gasteiger partial charge in [-0.2, -0.15) is 4.98 Å². The van der Waals surface area contributed by atoms with Crippen molar-refractivity contribution in [3.8, 4) is 17.4 Å². The van der Waals surface area contributed by atoms with Crippen molar-refractivity contribution in [1.82, 2.24) is 25.6 Å². The molecule has 2 amide bonds. The quantitative estimate of drug-likeness (QED) is 0.195. The number of halogens is 1. The number of aromatic nitrogens is 3. The van der Waals surface area contributed by atoms with Crippen LogP contribution >= 0.6 is 11.6 Å². The SMILES string of the molecule is CNC(=O)NCCc1ccc(Oc2cc(CNc3ncc(Cl)cn3)cc(NCc3ccc(OC)cc3)n2)cc1. The first-order valence-electron chi connectivity index (χ1n) is 12.3. The summed E-state index contributed by atoms with van der Waals surface area (Å²) in [5.41, 5.74) is 3.09. The highest BCUT2D eigenvalue weighted by atomic mass is 35.5. The van der Waals surface area contributed by atoms with Gasteiger partial charge in [-0.15, -0.1) is 0 Å². The van der Waals surface area contributed by atoms with Crippen molar-refractivity contribution in [2.24, 2.45) is 0 Å². The summed E-state index contributed by atoms with van der Waals surface area (Å²) in [7, 11) is 3.23. The van der Waals surface area contributed by atoms with Crippen LogP contribution in [0.15, 0.2) is 73.1 Å². The standard InChI is InChI=1S/C28H30ClN7O3/c1-30-28(37)31-12-11-19-3-9-24(10-4-19)39-26-14-21(16-33-27-34-17-22(29)18-35-27)13-25(36-26)32-15-20-5-7-23(38-2)8-6-20/h3-10,13-14,17-18H,11-12,15-16H2,1-2H3,(H,32,36)(H2,30,31,37)(H,33,34,35). The lowest BCUT2D eigenvalue weighted by Crippen LogP contribution is -2.33. The van der Waals surface area contributed by atoms with Gasteiger partial charge in [-0.25, -0.2) is 14.8 Å². The number of hydrogen-bond acceptors (Lipinski definition) is 8. The van der Waals surface area contributed by atoms with Crippen molar-refractivity contribution >= 4 is 29.4 Å². The van der Waals surface area contributed by atoms with Gasteiger partial charge in [-0.1, -0.05) is 35.9 Å². The van der Waals surface area contributed by atoms with Crippen LogP contribution in [0.5, 0.6) is 17.4 Å². The number of methoxy groups -OCH3 is 1. The van der Waals surface area contributed by atoms with E-state index in [4.69, 9.17) is 21.1 Å². The number of carbonyl (C=O) groups is 1. The summed E-state index contributed by atoms with van der Waals surface area (Å²) in [5.74, 6) is 3.02. The molecule has 39 heavy (non-hydrogen) atoms. The van der Waals surface area contributed by atoms with Crippen LogP contribution in [0.25, 0.3) is 0 Å². The molecule has 4 N–H and O–H groups in total. The monoisotopic (exact) mass is 547 g/mol. The lowest BCUT2D eigenvalue weighted by molar-refractivity contribution is 0.243. The maximum absolute atomic E-state index is 11.3. The van der Waals surface area contributed by atoms with Gasteiger partial charge < -0.3 is 30.7 Å². The summed E-state index contributed by atoms with van der Waals surface area (Å²) in [6, 6.07) is 19.1. The van der Waals surface area contributed by atoms with Crippen LogP contribution in [0.1, 0.15) is 16.7 Å². The lowest BCUT2D eigenvalue weighted by atomic mass is 10.1. The van der Waals surface area contributed by atoms with Gasteiger partial charge in [0.1, 0.15) is 17.3 Å². The number of nitrogens with zero attached hydrogens (tertiary/aromatic N) is 3. The van der Waals surface area contributed by atoms with E-state index >= 15 is 0 Å². The van der Waals surface area contributed by atoms with Gasteiger partial charge in [0.05, 0.1) is 24.5 Å². The number of pyridine rings is 1. The first-order valence-corrected chi connectivity index (χ1v) is 12.7. The maximum Gasteiger partial charge on any atom is 0.314 e. The Kier molecular flexibility index (Phi) is 9.74. The van der Waals surface area contributed by atoms with Crippen LogP contribution in [-0.4, -0.2) is 41.7 Å². The molecule has 11 heteroatoms. The van der Waals surface area contributed by atoms with E-state index in [-0.39, 0.29) is 6.03 Å². The van der Waals surface area contributed by atoms with Crippen LogP contribution < -0.4 is 30.7 Å². The normalized spacial score (nSPS) is 10.4. The van der Waals surface area contributed by atoms with Crippen LogP contribution in [-0.2, 0) is 19.5 Å². The van der Waals surface area contributed by atoms with Crippen LogP contribution in [0, 0.1) is 0 Å². The molecule has 0 aliphatic carbocycles. The summed E-state index contributed by atoms with van der Waals surface area (Å²) in [6.07, 6.45) is 3.79.